The number of ether oxygens (including phenoxy) is 1. The van der Waals surface area contributed by atoms with E-state index in [1.165, 1.54) is 12.7 Å². The number of rotatable bonds is 7. The first kappa shape index (κ1) is 21.6. The summed E-state index contributed by atoms with van der Waals surface area (Å²) < 4.78 is 31.5. The predicted molar refractivity (Wildman–Crippen MR) is 123 cm³/mol. The van der Waals surface area contributed by atoms with Gasteiger partial charge in [0.25, 0.3) is 5.91 Å². The minimum absolute atomic E-state index is 0. The molecule has 1 heterocycles. The molecule has 2 aromatic rings. The highest BCUT2D eigenvalue weighted by Gasteiger charge is 2.50. The van der Waals surface area contributed by atoms with Crippen LogP contribution in [0, 0.1) is 0 Å². The molecular formula is C23H31N3O4S. The fourth-order valence-electron chi connectivity index (χ4n) is 4.35. The van der Waals surface area contributed by atoms with Crippen LogP contribution in [0.25, 0.3) is 0 Å². The van der Waals surface area contributed by atoms with Gasteiger partial charge in [-0.25, -0.2) is 8.42 Å². The summed E-state index contributed by atoms with van der Waals surface area (Å²) in [5.74, 6) is 0.253. The van der Waals surface area contributed by atoms with E-state index in [-0.39, 0.29) is 18.6 Å². The fourth-order valence-corrected chi connectivity index (χ4v) is 4.98. The standard InChI is InChI=1S/C23H29N3O4S.H2/c1-3-31(28,29)24-19-9-10-20(21(17-19)30-2)22(27)25-13-15-26(16-14-25)23(11-12-23)18-7-5-4-6-8-18;/h4-10,17,24H,3,11-16H2,1-2H3;1H. The molecule has 4 rings (SSSR count). The van der Waals surface area contributed by atoms with Gasteiger partial charge < -0.3 is 9.64 Å². The molecule has 2 fully saturated rings. The minimum atomic E-state index is -3.39. The number of methoxy groups -OCH3 is 1. The molecule has 0 radical (unpaired) electrons. The van der Waals surface area contributed by atoms with Crippen LogP contribution in [0.3, 0.4) is 0 Å². The zero-order valence-corrected chi connectivity index (χ0v) is 18.8. The fraction of sp³-hybridized carbons (Fsp3) is 0.435. The lowest BCUT2D eigenvalue weighted by Crippen LogP contribution is -2.52. The van der Waals surface area contributed by atoms with Crippen LogP contribution in [-0.2, 0) is 15.6 Å². The molecule has 1 saturated carbocycles. The number of nitrogens with zero attached hydrogens (tertiary/aromatic N) is 2. The summed E-state index contributed by atoms with van der Waals surface area (Å²) in [4.78, 5) is 17.5. The van der Waals surface area contributed by atoms with E-state index in [0.717, 1.165) is 25.9 Å². The average molecular weight is 446 g/mol. The van der Waals surface area contributed by atoms with Gasteiger partial charge in [-0.2, -0.15) is 0 Å². The van der Waals surface area contributed by atoms with Gasteiger partial charge in [-0.1, -0.05) is 30.3 Å². The Morgan fingerprint density at radius 1 is 1.10 bits per heavy atom. The van der Waals surface area contributed by atoms with Crippen molar-refractivity contribution in [3.05, 3.63) is 59.7 Å². The topological polar surface area (TPSA) is 79.0 Å². The summed E-state index contributed by atoms with van der Waals surface area (Å²) in [6, 6.07) is 15.4. The van der Waals surface area contributed by atoms with Crippen LogP contribution >= 0.6 is 0 Å². The number of piperazine rings is 1. The van der Waals surface area contributed by atoms with Gasteiger partial charge in [-0.15, -0.1) is 0 Å². The van der Waals surface area contributed by atoms with Gasteiger partial charge in [0.15, 0.2) is 0 Å². The molecule has 1 N–H and O–H groups in total. The number of anilines is 1. The van der Waals surface area contributed by atoms with E-state index in [1.807, 2.05) is 11.0 Å². The van der Waals surface area contributed by atoms with Crippen LogP contribution in [0.5, 0.6) is 5.75 Å². The number of sulfonamides is 1. The number of benzene rings is 2. The van der Waals surface area contributed by atoms with Gasteiger partial charge in [0, 0.05) is 39.2 Å². The second-order valence-corrected chi connectivity index (χ2v) is 10.1. The molecule has 7 nitrogen and oxygen atoms in total. The van der Waals surface area contributed by atoms with Gasteiger partial charge in [0.2, 0.25) is 10.0 Å². The first-order valence-corrected chi connectivity index (χ1v) is 12.3. The van der Waals surface area contributed by atoms with Gasteiger partial charge in [-0.3, -0.25) is 14.4 Å². The largest absolute Gasteiger partial charge is 0.496 e. The third-order valence-electron chi connectivity index (χ3n) is 6.29. The average Bonchev–Trinajstić information content (AvgIpc) is 3.61. The van der Waals surface area contributed by atoms with Crippen molar-refractivity contribution in [2.45, 2.75) is 25.3 Å². The van der Waals surface area contributed by atoms with Crippen molar-refractivity contribution in [1.82, 2.24) is 9.80 Å². The van der Waals surface area contributed by atoms with E-state index in [1.54, 1.807) is 25.1 Å². The van der Waals surface area contributed by atoms with E-state index >= 15 is 0 Å². The Balaban J connectivity index is 0.00000289. The van der Waals surface area contributed by atoms with Gasteiger partial charge in [0.05, 0.1) is 24.1 Å². The SMILES string of the molecule is CCS(=O)(=O)Nc1ccc(C(=O)N2CCN(C3(c4ccccc4)CC3)CC2)c(OC)c1.[HH]. The third-order valence-corrected chi connectivity index (χ3v) is 7.60. The number of hydrogen-bond donors (Lipinski definition) is 1. The molecule has 1 amide bonds. The Hall–Kier alpha value is -2.58. The summed E-state index contributed by atoms with van der Waals surface area (Å²) in [6.07, 6.45) is 2.32. The highest BCUT2D eigenvalue weighted by atomic mass is 32.2. The number of hydrogen-bond acceptors (Lipinski definition) is 5. The molecule has 1 saturated heterocycles. The second kappa shape index (κ2) is 8.51. The van der Waals surface area contributed by atoms with Crippen LogP contribution in [0.15, 0.2) is 48.5 Å². The van der Waals surface area contributed by atoms with Crippen molar-refractivity contribution in [2.24, 2.45) is 0 Å². The van der Waals surface area contributed by atoms with Crippen molar-refractivity contribution in [2.75, 3.05) is 43.8 Å². The van der Waals surface area contributed by atoms with E-state index in [4.69, 9.17) is 4.74 Å². The Morgan fingerprint density at radius 2 is 1.77 bits per heavy atom. The Bertz CT molecular complexity index is 1050. The summed E-state index contributed by atoms with van der Waals surface area (Å²) in [5.41, 5.74) is 2.33. The van der Waals surface area contributed by atoms with Crippen LogP contribution in [0.4, 0.5) is 5.69 Å². The molecule has 2 aliphatic rings. The maximum Gasteiger partial charge on any atom is 0.257 e. The highest BCUT2D eigenvalue weighted by Crippen LogP contribution is 2.51. The maximum absolute atomic E-state index is 13.2. The lowest BCUT2D eigenvalue weighted by molar-refractivity contribution is 0.0528. The third kappa shape index (κ3) is 4.41. The molecule has 0 unspecified atom stereocenters. The molecule has 31 heavy (non-hydrogen) atoms. The maximum atomic E-state index is 13.2. The van der Waals surface area contributed by atoms with E-state index in [2.05, 4.69) is 33.9 Å². The van der Waals surface area contributed by atoms with Gasteiger partial charge in [-0.05, 0) is 37.5 Å². The first-order chi connectivity index (χ1) is 14.9. The molecule has 0 spiro atoms. The monoisotopic (exact) mass is 445 g/mol. The van der Waals surface area contributed by atoms with Crippen molar-refractivity contribution < 1.29 is 19.4 Å². The van der Waals surface area contributed by atoms with Gasteiger partial charge in [0.1, 0.15) is 5.75 Å². The van der Waals surface area contributed by atoms with Crippen LogP contribution in [0.1, 0.15) is 37.1 Å². The molecule has 0 aromatic heterocycles. The molecule has 1 aliphatic carbocycles. The smallest absolute Gasteiger partial charge is 0.257 e. The zero-order valence-electron chi connectivity index (χ0n) is 18.0. The molecular weight excluding hydrogens is 414 g/mol. The summed E-state index contributed by atoms with van der Waals surface area (Å²) >= 11 is 0. The predicted octanol–water partition coefficient (Wildman–Crippen LogP) is 3.15. The molecule has 2 aromatic carbocycles. The summed E-state index contributed by atoms with van der Waals surface area (Å²) in [5, 5.41) is 0. The molecule has 168 valence electrons. The van der Waals surface area contributed by atoms with E-state index in [0.29, 0.717) is 30.1 Å². The van der Waals surface area contributed by atoms with Crippen molar-refractivity contribution in [3.63, 3.8) is 0 Å². The van der Waals surface area contributed by atoms with Crippen LogP contribution in [-0.4, -0.2) is 63.2 Å². The Morgan fingerprint density at radius 3 is 2.35 bits per heavy atom. The van der Waals surface area contributed by atoms with E-state index in [9.17, 15) is 13.2 Å². The van der Waals surface area contributed by atoms with E-state index < -0.39 is 10.0 Å². The number of carbonyl (C=O) groups excluding carboxylic acids is 1. The second-order valence-electron chi connectivity index (χ2n) is 8.10. The van der Waals surface area contributed by atoms with Crippen LogP contribution in [0.2, 0.25) is 0 Å². The normalized spacial score (nSPS) is 18.5. The molecule has 8 heteroatoms. The van der Waals surface area contributed by atoms with Crippen molar-refractivity contribution in [1.29, 1.82) is 0 Å². The lowest BCUT2D eigenvalue weighted by atomic mass is 10.0. The van der Waals surface area contributed by atoms with Crippen molar-refractivity contribution in [3.8, 4) is 5.75 Å². The number of carbonyl (C=O) groups is 1. The lowest BCUT2D eigenvalue weighted by Gasteiger charge is -2.40. The first-order valence-electron chi connectivity index (χ1n) is 10.7. The van der Waals surface area contributed by atoms with Crippen molar-refractivity contribution >= 4 is 21.6 Å². The molecule has 0 bridgehead atoms. The van der Waals surface area contributed by atoms with Crippen LogP contribution < -0.4 is 9.46 Å². The number of nitrogens with one attached hydrogen (secondary N) is 1. The highest BCUT2D eigenvalue weighted by molar-refractivity contribution is 7.92. The summed E-state index contributed by atoms with van der Waals surface area (Å²) in [6.45, 7) is 4.54. The summed E-state index contributed by atoms with van der Waals surface area (Å²) in [7, 11) is -1.91. The minimum Gasteiger partial charge on any atom is -0.496 e. The molecule has 0 atom stereocenters. The number of amides is 1. The Labute approximate surface area is 185 Å². The van der Waals surface area contributed by atoms with Gasteiger partial charge >= 0.3 is 0 Å². The zero-order chi connectivity index (χ0) is 22.1. The quantitative estimate of drug-likeness (QED) is 0.708. The molecule has 1 aliphatic heterocycles. The Kier molecular flexibility index (Phi) is 5.94.